The van der Waals surface area contributed by atoms with Crippen molar-refractivity contribution in [3.8, 4) is 0 Å². The molecule has 0 saturated carbocycles. The van der Waals surface area contributed by atoms with Gasteiger partial charge < -0.3 is 15.5 Å². The van der Waals surface area contributed by atoms with E-state index in [1.165, 1.54) is 63.5 Å². The fraction of sp³-hybridized carbons (Fsp3) is 0.773. The van der Waals surface area contributed by atoms with E-state index in [-0.39, 0.29) is 0 Å². The number of hydrogen-bond acceptors (Lipinski definition) is 5. The standard InChI is InChI=1S/C22H40N6S/c1-4-26-13-15-27(16-14-26)12-9-24-22(23-3)25-18-20(21-6-5-17-29-21)28-10-7-19(2)8-11-28/h5-6,17,19-20H,4,7-16,18H2,1-3H3,(H2,23,24,25). The van der Waals surface area contributed by atoms with E-state index in [2.05, 4.69) is 61.7 Å². The van der Waals surface area contributed by atoms with E-state index in [0.29, 0.717) is 6.04 Å². The van der Waals surface area contributed by atoms with Gasteiger partial charge in [-0.1, -0.05) is 19.9 Å². The zero-order valence-corrected chi connectivity index (χ0v) is 19.4. The summed E-state index contributed by atoms with van der Waals surface area (Å²) in [5.41, 5.74) is 0. The Morgan fingerprint density at radius 1 is 1.14 bits per heavy atom. The highest BCUT2D eigenvalue weighted by molar-refractivity contribution is 7.10. The molecule has 0 aromatic carbocycles. The Kier molecular flexibility index (Phi) is 9.24. The highest BCUT2D eigenvalue weighted by atomic mass is 32.1. The predicted molar refractivity (Wildman–Crippen MR) is 125 cm³/mol. The average molecular weight is 421 g/mol. The molecule has 2 aliphatic rings. The minimum Gasteiger partial charge on any atom is -0.355 e. The third-order valence-electron chi connectivity index (χ3n) is 6.45. The van der Waals surface area contributed by atoms with Gasteiger partial charge in [0.05, 0.1) is 6.04 Å². The minimum absolute atomic E-state index is 0.433. The van der Waals surface area contributed by atoms with Gasteiger partial charge in [0.25, 0.3) is 0 Å². The lowest BCUT2D eigenvalue weighted by atomic mass is 9.97. The highest BCUT2D eigenvalue weighted by Gasteiger charge is 2.25. The van der Waals surface area contributed by atoms with Crippen molar-refractivity contribution in [2.75, 3.05) is 72.5 Å². The normalized spacial score (nSPS) is 22.0. The zero-order valence-electron chi connectivity index (χ0n) is 18.6. The van der Waals surface area contributed by atoms with E-state index in [4.69, 9.17) is 0 Å². The van der Waals surface area contributed by atoms with Crippen molar-refractivity contribution < 1.29 is 0 Å². The van der Waals surface area contributed by atoms with Crippen LogP contribution in [0.25, 0.3) is 0 Å². The number of nitrogens with one attached hydrogen (secondary N) is 2. The fourth-order valence-electron chi connectivity index (χ4n) is 4.31. The second kappa shape index (κ2) is 11.9. The lowest BCUT2D eigenvalue weighted by molar-refractivity contribution is 0.138. The van der Waals surface area contributed by atoms with Crippen molar-refractivity contribution >= 4 is 17.3 Å². The van der Waals surface area contributed by atoms with Crippen LogP contribution in [-0.4, -0.2) is 93.2 Å². The molecule has 0 radical (unpaired) electrons. The van der Waals surface area contributed by atoms with Gasteiger partial charge in [-0.2, -0.15) is 0 Å². The first kappa shape index (κ1) is 22.5. The number of nitrogens with zero attached hydrogens (tertiary/aromatic N) is 4. The van der Waals surface area contributed by atoms with Gasteiger partial charge >= 0.3 is 0 Å². The number of hydrogen-bond donors (Lipinski definition) is 2. The molecule has 1 aromatic heterocycles. The maximum Gasteiger partial charge on any atom is 0.191 e. The number of piperidine rings is 1. The first-order valence-electron chi connectivity index (χ1n) is 11.4. The molecule has 0 bridgehead atoms. The summed E-state index contributed by atoms with van der Waals surface area (Å²) >= 11 is 1.87. The van der Waals surface area contributed by atoms with Crippen molar-refractivity contribution in [3.63, 3.8) is 0 Å². The van der Waals surface area contributed by atoms with E-state index < -0.39 is 0 Å². The number of likely N-dealkylation sites (N-methyl/N-ethyl adjacent to an activating group) is 1. The van der Waals surface area contributed by atoms with Crippen molar-refractivity contribution in [2.45, 2.75) is 32.7 Å². The summed E-state index contributed by atoms with van der Waals surface area (Å²) in [6.07, 6.45) is 2.61. The van der Waals surface area contributed by atoms with Crippen LogP contribution in [0.4, 0.5) is 0 Å². The maximum absolute atomic E-state index is 4.46. The summed E-state index contributed by atoms with van der Waals surface area (Å²) in [6, 6.07) is 4.88. The molecule has 1 unspecified atom stereocenters. The van der Waals surface area contributed by atoms with Gasteiger partial charge in [0.2, 0.25) is 0 Å². The lowest BCUT2D eigenvalue weighted by Gasteiger charge is -2.36. The maximum atomic E-state index is 4.46. The zero-order chi connectivity index (χ0) is 20.5. The lowest BCUT2D eigenvalue weighted by Crippen LogP contribution is -2.49. The molecule has 2 N–H and O–H groups in total. The number of thiophene rings is 1. The van der Waals surface area contributed by atoms with Crippen LogP contribution in [0.15, 0.2) is 22.5 Å². The Labute approximate surface area is 181 Å². The molecule has 29 heavy (non-hydrogen) atoms. The number of rotatable bonds is 8. The van der Waals surface area contributed by atoms with Crippen molar-refractivity contribution in [2.24, 2.45) is 10.9 Å². The Hall–Kier alpha value is -1.15. The molecule has 1 atom stereocenters. The van der Waals surface area contributed by atoms with Crippen LogP contribution in [-0.2, 0) is 0 Å². The summed E-state index contributed by atoms with van der Waals surface area (Å²) in [5, 5.41) is 9.31. The molecule has 3 heterocycles. The third kappa shape index (κ3) is 6.95. The van der Waals surface area contributed by atoms with Crippen LogP contribution >= 0.6 is 11.3 Å². The van der Waals surface area contributed by atoms with Gasteiger partial charge in [-0.25, -0.2) is 0 Å². The average Bonchev–Trinajstić information content (AvgIpc) is 3.29. The molecule has 6 nitrogen and oxygen atoms in total. The second-order valence-corrected chi connectivity index (χ2v) is 9.38. The van der Waals surface area contributed by atoms with Gasteiger partial charge in [-0.15, -0.1) is 11.3 Å². The SMILES string of the molecule is CCN1CCN(CCNC(=NC)NCC(c2cccs2)N2CCC(C)CC2)CC1. The number of aliphatic imine (C=N–C) groups is 1. The summed E-state index contributed by atoms with van der Waals surface area (Å²) in [6.45, 7) is 15.9. The number of likely N-dealkylation sites (tertiary alicyclic amines) is 1. The van der Waals surface area contributed by atoms with Crippen LogP contribution in [0, 0.1) is 5.92 Å². The van der Waals surface area contributed by atoms with Gasteiger partial charge in [-0.05, 0) is 49.8 Å². The molecule has 2 saturated heterocycles. The van der Waals surface area contributed by atoms with E-state index in [9.17, 15) is 0 Å². The van der Waals surface area contributed by atoms with Crippen LogP contribution in [0.5, 0.6) is 0 Å². The van der Waals surface area contributed by atoms with Gasteiger partial charge in [-0.3, -0.25) is 14.8 Å². The molecular weight excluding hydrogens is 380 g/mol. The first-order chi connectivity index (χ1) is 14.2. The molecule has 7 heteroatoms. The molecule has 0 amide bonds. The number of piperazine rings is 1. The minimum atomic E-state index is 0.433. The van der Waals surface area contributed by atoms with E-state index in [1.54, 1.807) is 0 Å². The van der Waals surface area contributed by atoms with Gasteiger partial charge in [0, 0.05) is 57.7 Å². The van der Waals surface area contributed by atoms with Crippen molar-refractivity contribution in [1.82, 2.24) is 25.3 Å². The Morgan fingerprint density at radius 2 is 1.86 bits per heavy atom. The highest BCUT2D eigenvalue weighted by Crippen LogP contribution is 2.29. The van der Waals surface area contributed by atoms with Crippen LogP contribution in [0.1, 0.15) is 37.6 Å². The molecule has 2 aliphatic heterocycles. The van der Waals surface area contributed by atoms with E-state index >= 15 is 0 Å². The second-order valence-electron chi connectivity index (χ2n) is 8.41. The Balaban J connectivity index is 1.44. The molecule has 164 valence electrons. The number of guanidine groups is 1. The topological polar surface area (TPSA) is 46.1 Å². The van der Waals surface area contributed by atoms with Crippen molar-refractivity contribution in [3.05, 3.63) is 22.4 Å². The van der Waals surface area contributed by atoms with E-state index in [0.717, 1.165) is 31.5 Å². The van der Waals surface area contributed by atoms with E-state index in [1.807, 2.05) is 18.4 Å². The monoisotopic (exact) mass is 420 g/mol. The molecular formula is C22H40N6S. The largest absolute Gasteiger partial charge is 0.355 e. The molecule has 2 fully saturated rings. The van der Waals surface area contributed by atoms with Crippen LogP contribution in [0.2, 0.25) is 0 Å². The third-order valence-corrected chi connectivity index (χ3v) is 7.42. The fourth-order valence-corrected chi connectivity index (χ4v) is 5.17. The van der Waals surface area contributed by atoms with Crippen molar-refractivity contribution in [1.29, 1.82) is 0 Å². The smallest absolute Gasteiger partial charge is 0.191 e. The summed E-state index contributed by atoms with van der Waals surface area (Å²) < 4.78 is 0. The Morgan fingerprint density at radius 3 is 2.48 bits per heavy atom. The molecule has 1 aromatic rings. The summed E-state index contributed by atoms with van der Waals surface area (Å²) in [5.74, 6) is 1.78. The summed E-state index contributed by atoms with van der Waals surface area (Å²) in [7, 11) is 1.87. The summed E-state index contributed by atoms with van der Waals surface area (Å²) in [4.78, 5) is 13.6. The van der Waals surface area contributed by atoms with Crippen LogP contribution in [0.3, 0.4) is 0 Å². The molecule has 0 spiro atoms. The van der Waals surface area contributed by atoms with Gasteiger partial charge in [0.15, 0.2) is 5.96 Å². The molecule has 3 rings (SSSR count). The first-order valence-corrected chi connectivity index (χ1v) is 12.2. The quantitative estimate of drug-likeness (QED) is 0.499. The Bertz CT molecular complexity index is 588. The molecule has 0 aliphatic carbocycles. The van der Waals surface area contributed by atoms with Gasteiger partial charge in [0.1, 0.15) is 0 Å². The van der Waals surface area contributed by atoms with Crippen LogP contribution < -0.4 is 10.6 Å². The predicted octanol–water partition coefficient (Wildman–Crippen LogP) is 2.32.